The van der Waals surface area contributed by atoms with Gasteiger partial charge < -0.3 is 10.2 Å². The van der Waals surface area contributed by atoms with Crippen LogP contribution in [0.25, 0.3) is 0 Å². The van der Waals surface area contributed by atoms with Gasteiger partial charge in [-0.15, -0.1) is 0 Å². The van der Waals surface area contributed by atoms with Crippen LogP contribution in [-0.2, 0) is 0 Å². The topological polar surface area (TPSA) is 32.3 Å². The zero-order chi connectivity index (χ0) is 14.7. The van der Waals surface area contributed by atoms with Crippen molar-refractivity contribution in [2.24, 2.45) is 0 Å². The van der Waals surface area contributed by atoms with Crippen LogP contribution in [0.2, 0.25) is 5.02 Å². The zero-order valence-corrected chi connectivity index (χ0v) is 12.5. The van der Waals surface area contributed by atoms with E-state index in [-0.39, 0.29) is 5.91 Å². The van der Waals surface area contributed by atoms with Crippen LogP contribution in [-0.4, -0.2) is 20.0 Å². The lowest BCUT2D eigenvalue weighted by molar-refractivity contribution is 0.102. The molecule has 0 aliphatic heterocycles. The molecule has 0 radical (unpaired) electrons. The summed E-state index contributed by atoms with van der Waals surface area (Å²) in [6, 6.07) is 13.0. The molecular weight excluding hydrogens is 272 g/mol. The Morgan fingerprint density at radius 2 is 1.75 bits per heavy atom. The molecule has 1 N–H and O–H groups in total. The summed E-state index contributed by atoms with van der Waals surface area (Å²) >= 11 is 6.09. The number of amides is 1. The standard InChI is InChI=1S/C16H17ClN2O/c1-11-4-9-14(15(17)10-11)16(20)18-12-5-7-13(8-6-12)19(2)3/h4-10H,1-3H3,(H,18,20). The van der Waals surface area contributed by atoms with Gasteiger partial charge in [0.25, 0.3) is 5.91 Å². The molecule has 0 atom stereocenters. The Morgan fingerprint density at radius 1 is 1.10 bits per heavy atom. The molecule has 0 bridgehead atoms. The Bertz CT molecular complexity index is 621. The highest BCUT2D eigenvalue weighted by atomic mass is 35.5. The molecule has 0 spiro atoms. The van der Waals surface area contributed by atoms with E-state index < -0.39 is 0 Å². The van der Waals surface area contributed by atoms with Gasteiger partial charge in [-0.3, -0.25) is 4.79 Å². The number of hydrogen-bond acceptors (Lipinski definition) is 2. The average Bonchev–Trinajstić information content (AvgIpc) is 2.39. The minimum atomic E-state index is -0.201. The molecule has 3 nitrogen and oxygen atoms in total. The van der Waals surface area contributed by atoms with Gasteiger partial charge >= 0.3 is 0 Å². The molecule has 0 aromatic heterocycles. The summed E-state index contributed by atoms with van der Waals surface area (Å²) in [5.41, 5.74) is 3.34. The SMILES string of the molecule is Cc1ccc(C(=O)Nc2ccc(N(C)C)cc2)c(Cl)c1. The number of benzene rings is 2. The first-order chi connectivity index (χ1) is 9.47. The van der Waals surface area contributed by atoms with Crippen molar-refractivity contribution in [1.82, 2.24) is 0 Å². The quantitative estimate of drug-likeness (QED) is 0.927. The van der Waals surface area contributed by atoms with Crippen LogP contribution in [0.15, 0.2) is 42.5 Å². The number of carbonyl (C=O) groups is 1. The molecule has 0 saturated carbocycles. The van der Waals surface area contributed by atoms with E-state index >= 15 is 0 Å². The van der Waals surface area contributed by atoms with Crippen molar-refractivity contribution in [3.63, 3.8) is 0 Å². The first kappa shape index (κ1) is 14.4. The summed E-state index contributed by atoms with van der Waals surface area (Å²) in [5, 5.41) is 3.31. The van der Waals surface area contributed by atoms with Crippen molar-refractivity contribution in [3.8, 4) is 0 Å². The second kappa shape index (κ2) is 5.97. The van der Waals surface area contributed by atoms with E-state index in [1.165, 1.54) is 0 Å². The summed E-state index contributed by atoms with van der Waals surface area (Å²) < 4.78 is 0. The highest BCUT2D eigenvalue weighted by molar-refractivity contribution is 6.34. The number of aryl methyl sites for hydroxylation is 1. The zero-order valence-electron chi connectivity index (χ0n) is 11.8. The monoisotopic (exact) mass is 288 g/mol. The number of carbonyl (C=O) groups excluding carboxylic acids is 1. The average molecular weight is 289 g/mol. The van der Waals surface area contributed by atoms with Gasteiger partial charge in [0.05, 0.1) is 10.6 Å². The van der Waals surface area contributed by atoms with Crippen LogP contribution in [0.5, 0.6) is 0 Å². The highest BCUT2D eigenvalue weighted by Crippen LogP contribution is 2.20. The summed E-state index contributed by atoms with van der Waals surface area (Å²) in [6.07, 6.45) is 0. The van der Waals surface area contributed by atoms with Gasteiger partial charge in [-0.1, -0.05) is 17.7 Å². The molecular formula is C16H17ClN2O. The molecule has 0 aliphatic carbocycles. The molecule has 20 heavy (non-hydrogen) atoms. The van der Waals surface area contributed by atoms with Crippen LogP contribution >= 0.6 is 11.6 Å². The minimum absolute atomic E-state index is 0.201. The third-order valence-corrected chi connectivity index (χ3v) is 3.32. The van der Waals surface area contributed by atoms with Crippen molar-refractivity contribution in [2.75, 3.05) is 24.3 Å². The number of anilines is 2. The lowest BCUT2D eigenvalue weighted by atomic mass is 10.1. The van der Waals surface area contributed by atoms with Crippen LogP contribution in [0.3, 0.4) is 0 Å². The highest BCUT2D eigenvalue weighted by Gasteiger charge is 2.10. The minimum Gasteiger partial charge on any atom is -0.378 e. The third kappa shape index (κ3) is 3.31. The fourth-order valence-corrected chi connectivity index (χ4v) is 2.17. The summed E-state index contributed by atoms with van der Waals surface area (Å²) in [7, 11) is 3.94. The number of nitrogens with zero attached hydrogens (tertiary/aromatic N) is 1. The maximum absolute atomic E-state index is 12.2. The first-order valence-corrected chi connectivity index (χ1v) is 6.70. The van der Waals surface area contributed by atoms with Crippen molar-refractivity contribution in [2.45, 2.75) is 6.92 Å². The fraction of sp³-hybridized carbons (Fsp3) is 0.188. The van der Waals surface area contributed by atoms with Gasteiger partial charge in [-0.05, 0) is 48.9 Å². The molecule has 104 valence electrons. The Labute approximate surface area is 124 Å². The van der Waals surface area contributed by atoms with E-state index in [0.717, 1.165) is 16.9 Å². The number of nitrogens with one attached hydrogen (secondary N) is 1. The van der Waals surface area contributed by atoms with Gasteiger partial charge in [-0.2, -0.15) is 0 Å². The number of rotatable bonds is 3. The summed E-state index contributed by atoms with van der Waals surface area (Å²) in [6.45, 7) is 1.94. The normalized spacial score (nSPS) is 10.2. The van der Waals surface area contributed by atoms with Crippen LogP contribution in [0.1, 0.15) is 15.9 Å². The number of hydrogen-bond donors (Lipinski definition) is 1. The summed E-state index contributed by atoms with van der Waals surface area (Å²) in [4.78, 5) is 14.2. The first-order valence-electron chi connectivity index (χ1n) is 6.32. The lowest BCUT2D eigenvalue weighted by Crippen LogP contribution is -2.13. The fourth-order valence-electron chi connectivity index (χ4n) is 1.85. The van der Waals surface area contributed by atoms with E-state index in [0.29, 0.717) is 10.6 Å². The Hall–Kier alpha value is -2.00. The molecule has 0 aliphatic rings. The summed E-state index contributed by atoms with van der Waals surface area (Å²) in [5.74, 6) is -0.201. The van der Waals surface area contributed by atoms with Crippen LogP contribution < -0.4 is 10.2 Å². The van der Waals surface area contributed by atoms with E-state index in [1.54, 1.807) is 12.1 Å². The Balaban J connectivity index is 2.15. The van der Waals surface area contributed by atoms with Gasteiger partial charge in [0.15, 0.2) is 0 Å². The van der Waals surface area contributed by atoms with Crippen molar-refractivity contribution in [1.29, 1.82) is 0 Å². The largest absolute Gasteiger partial charge is 0.378 e. The van der Waals surface area contributed by atoms with Crippen molar-refractivity contribution >= 4 is 28.9 Å². The lowest BCUT2D eigenvalue weighted by Gasteiger charge is -2.13. The van der Waals surface area contributed by atoms with Gasteiger partial charge in [0.2, 0.25) is 0 Å². The number of halogens is 1. The molecule has 2 aromatic rings. The second-order valence-electron chi connectivity index (χ2n) is 4.88. The van der Waals surface area contributed by atoms with Crippen LogP contribution in [0.4, 0.5) is 11.4 Å². The second-order valence-corrected chi connectivity index (χ2v) is 5.29. The molecule has 0 fully saturated rings. The molecule has 1 amide bonds. The maximum atomic E-state index is 12.2. The van der Waals surface area contributed by atoms with Gasteiger partial charge in [0.1, 0.15) is 0 Å². The molecule has 0 unspecified atom stereocenters. The predicted molar refractivity (Wildman–Crippen MR) is 84.9 cm³/mol. The maximum Gasteiger partial charge on any atom is 0.257 e. The molecule has 0 saturated heterocycles. The van der Waals surface area contributed by atoms with Gasteiger partial charge in [-0.25, -0.2) is 0 Å². The van der Waals surface area contributed by atoms with E-state index in [2.05, 4.69) is 5.32 Å². The van der Waals surface area contributed by atoms with Gasteiger partial charge in [0, 0.05) is 25.5 Å². The Kier molecular flexibility index (Phi) is 4.30. The third-order valence-electron chi connectivity index (χ3n) is 3.01. The molecule has 2 rings (SSSR count). The van der Waals surface area contributed by atoms with Crippen molar-refractivity contribution < 1.29 is 4.79 Å². The molecule has 2 aromatic carbocycles. The van der Waals surface area contributed by atoms with Crippen LogP contribution in [0, 0.1) is 6.92 Å². The van der Waals surface area contributed by atoms with E-state index in [1.807, 2.05) is 56.3 Å². The molecule has 0 heterocycles. The Morgan fingerprint density at radius 3 is 2.30 bits per heavy atom. The molecule has 4 heteroatoms. The van der Waals surface area contributed by atoms with E-state index in [9.17, 15) is 4.79 Å². The van der Waals surface area contributed by atoms with E-state index in [4.69, 9.17) is 11.6 Å². The smallest absolute Gasteiger partial charge is 0.257 e. The van der Waals surface area contributed by atoms with Crippen molar-refractivity contribution in [3.05, 3.63) is 58.6 Å². The predicted octanol–water partition coefficient (Wildman–Crippen LogP) is 3.97.